The van der Waals surface area contributed by atoms with E-state index in [0.29, 0.717) is 28.5 Å². The van der Waals surface area contributed by atoms with Crippen LogP contribution in [0.5, 0.6) is 0 Å². The fraction of sp³-hybridized carbons (Fsp3) is 0.211. The van der Waals surface area contributed by atoms with Gasteiger partial charge in [-0.25, -0.2) is 15.0 Å². The predicted molar refractivity (Wildman–Crippen MR) is 101 cm³/mol. The first kappa shape index (κ1) is 19.3. The Morgan fingerprint density at radius 1 is 1.11 bits per heavy atom. The minimum Gasteiger partial charge on any atom is -0.339 e. The third kappa shape index (κ3) is 4.61. The van der Waals surface area contributed by atoms with Gasteiger partial charge in [0, 0.05) is 49.6 Å². The number of hydrogen-bond donors (Lipinski definition) is 2. The van der Waals surface area contributed by atoms with Crippen LogP contribution >= 0.6 is 0 Å². The average molecular weight is 384 g/mol. The van der Waals surface area contributed by atoms with Crippen LogP contribution in [0.15, 0.2) is 42.7 Å². The number of amides is 1. The fourth-order valence-electron chi connectivity index (χ4n) is 2.50. The van der Waals surface area contributed by atoms with Crippen LogP contribution in [0, 0.1) is 6.92 Å². The number of alkyl halides is 2. The van der Waals surface area contributed by atoms with Crippen LogP contribution in [0.1, 0.15) is 25.4 Å². The minimum atomic E-state index is -3.17. The second-order valence-electron chi connectivity index (χ2n) is 6.24. The van der Waals surface area contributed by atoms with Crippen molar-refractivity contribution in [1.82, 2.24) is 19.9 Å². The van der Waals surface area contributed by atoms with Gasteiger partial charge in [-0.2, -0.15) is 8.78 Å². The highest BCUT2D eigenvalue weighted by Gasteiger charge is 2.29. The molecular formula is C19H18F2N6O. The molecule has 0 fully saturated rings. The van der Waals surface area contributed by atoms with Crippen LogP contribution in [-0.4, -0.2) is 25.8 Å². The van der Waals surface area contributed by atoms with Gasteiger partial charge in [-0.3, -0.25) is 9.78 Å². The highest BCUT2D eigenvalue weighted by Crippen LogP contribution is 2.31. The van der Waals surface area contributed by atoms with Crippen molar-refractivity contribution in [3.05, 3.63) is 54.2 Å². The lowest BCUT2D eigenvalue weighted by atomic mass is 10.1. The van der Waals surface area contributed by atoms with Gasteiger partial charge in [0.25, 0.3) is 0 Å². The highest BCUT2D eigenvalue weighted by molar-refractivity contribution is 5.89. The van der Waals surface area contributed by atoms with Gasteiger partial charge in [-0.15, -0.1) is 0 Å². The highest BCUT2D eigenvalue weighted by atomic mass is 19.3. The molecule has 3 heterocycles. The number of carbonyl (C=O) groups is 1. The summed E-state index contributed by atoms with van der Waals surface area (Å²) >= 11 is 0. The van der Waals surface area contributed by atoms with E-state index >= 15 is 0 Å². The molecule has 9 heteroatoms. The van der Waals surface area contributed by atoms with Crippen molar-refractivity contribution in [3.63, 3.8) is 0 Å². The minimum absolute atomic E-state index is 0.196. The lowest BCUT2D eigenvalue weighted by Gasteiger charge is -2.15. The number of pyridine rings is 2. The molecule has 0 spiro atoms. The molecule has 0 saturated carbocycles. The molecule has 0 saturated heterocycles. The summed E-state index contributed by atoms with van der Waals surface area (Å²) < 4.78 is 27.4. The summed E-state index contributed by atoms with van der Waals surface area (Å²) in [7, 11) is 0. The molecule has 7 nitrogen and oxygen atoms in total. The smallest absolute Gasteiger partial charge is 0.303 e. The summed E-state index contributed by atoms with van der Waals surface area (Å²) in [5, 5.41) is 5.62. The van der Waals surface area contributed by atoms with Gasteiger partial charge in [0.15, 0.2) is 0 Å². The Morgan fingerprint density at radius 2 is 1.89 bits per heavy atom. The summed E-state index contributed by atoms with van der Waals surface area (Å²) in [6.45, 7) is 3.72. The van der Waals surface area contributed by atoms with E-state index in [2.05, 4.69) is 30.6 Å². The molecule has 0 radical (unpaired) electrons. The Bertz CT molecular complexity index is 1010. The standard InChI is InChI=1S/C19H18F2N6O/c1-11-8-17(27-18(24-11)19(3,20)21)26-15-9-16(25-12(2)28)23-10-13(15)14-6-4-5-7-22-14/h4-10H,1-3H3,(H2,23,24,25,26,27,28). The van der Waals surface area contributed by atoms with E-state index in [1.807, 2.05) is 6.07 Å². The first-order chi connectivity index (χ1) is 13.2. The van der Waals surface area contributed by atoms with Crippen LogP contribution in [0.25, 0.3) is 11.3 Å². The molecule has 144 valence electrons. The third-order valence-electron chi connectivity index (χ3n) is 3.66. The van der Waals surface area contributed by atoms with Crippen molar-refractivity contribution in [2.75, 3.05) is 10.6 Å². The van der Waals surface area contributed by atoms with Crippen LogP contribution < -0.4 is 10.6 Å². The van der Waals surface area contributed by atoms with Gasteiger partial charge in [0.1, 0.15) is 11.6 Å². The molecule has 0 aromatic carbocycles. The van der Waals surface area contributed by atoms with Crippen molar-refractivity contribution in [1.29, 1.82) is 0 Å². The second-order valence-corrected chi connectivity index (χ2v) is 6.24. The van der Waals surface area contributed by atoms with Crippen molar-refractivity contribution in [3.8, 4) is 11.3 Å². The summed E-state index contributed by atoms with van der Waals surface area (Å²) in [4.78, 5) is 27.6. The van der Waals surface area contributed by atoms with Crippen LogP contribution in [0.4, 0.5) is 26.1 Å². The number of anilines is 3. The molecule has 3 rings (SSSR count). The number of aromatic nitrogens is 4. The molecule has 28 heavy (non-hydrogen) atoms. The SMILES string of the molecule is CC(=O)Nc1cc(Nc2cc(C)nc(C(C)(F)F)n2)c(-c2ccccn2)cn1. The molecule has 0 aliphatic carbocycles. The summed E-state index contributed by atoms with van der Waals surface area (Å²) in [6.07, 6.45) is 3.17. The number of aryl methyl sites for hydroxylation is 1. The molecule has 3 aromatic heterocycles. The van der Waals surface area contributed by atoms with E-state index in [-0.39, 0.29) is 11.7 Å². The first-order valence-electron chi connectivity index (χ1n) is 8.42. The van der Waals surface area contributed by atoms with Gasteiger partial charge >= 0.3 is 5.92 Å². The molecular weight excluding hydrogens is 366 g/mol. The first-order valence-corrected chi connectivity index (χ1v) is 8.42. The second kappa shape index (κ2) is 7.63. The zero-order valence-corrected chi connectivity index (χ0v) is 15.5. The number of halogens is 2. The van der Waals surface area contributed by atoms with Gasteiger partial charge in [-0.1, -0.05) is 6.07 Å². The van der Waals surface area contributed by atoms with E-state index in [0.717, 1.165) is 6.92 Å². The summed E-state index contributed by atoms with van der Waals surface area (Å²) in [5.41, 5.74) is 2.14. The number of rotatable bonds is 5. The molecule has 3 aromatic rings. The van der Waals surface area contributed by atoms with Crippen LogP contribution in [0.2, 0.25) is 0 Å². The summed E-state index contributed by atoms with van der Waals surface area (Å²) in [5.74, 6) is -3.53. The molecule has 0 atom stereocenters. The number of hydrogen-bond acceptors (Lipinski definition) is 6. The quantitative estimate of drug-likeness (QED) is 0.689. The maximum atomic E-state index is 13.7. The third-order valence-corrected chi connectivity index (χ3v) is 3.66. The maximum absolute atomic E-state index is 13.7. The molecule has 0 aliphatic rings. The number of carbonyl (C=O) groups excluding carboxylic acids is 1. The lowest BCUT2D eigenvalue weighted by Crippen LogP contribution is -2.14. The summed E-state index contributed by atoms with van der Waals surface area (Å²) in [6, 6.07) is 8.52. The lowest BCUT2D eigenvalue weighted by molar-refractivity contribution is -0.114. The Kier molecular flexibility index (Phi) is 5.25. The Morgan fingerprint density at radius 3 is 2.54 bits per heavy atom. The van der Waals surface area contributed by atoms with E-state index < -0.39 is 11.7 Å². The monoisotopic (exact) mass is 384 g/mol. The normalized spacial score (nSPS) is 11.2. The van der Waals surface area contributed by atoms with Gasteiger partial charge < -0.3 is 10.6 Å². The largest absolute Gasteiger partial charge is 0.339 e. The van der Waals surface area contributed by atoms with Crippen LogP contribution in [-0.2, 0) is 10.7 Å². The Hall–Kier alpha value is -3.49. The number of nitrogens with zero attached hydrogens (tertiary/aromatic N) is 4. The van der Waals surface area contributed by atoms with Crippen LogP contribution in [0.3, 0.4) is 0 Å². The molecule has 1 amide bonds. The van der Waals surface area contributed by atoms with Gasteiger partial charge in [0.05, 0.1) is 11.4 Å². The Balaban J connectivity index is 2.06. The van der Waals surface area contributed by atoms with Crippen molar-refractivity contribution >= 4 is 23.2 Å². The topological polar surface area (TPSA) is 92.7 Å². The molecule has 0 aliphatic heterocycles. The van der Waals surface area contributed by atoms with Gasteiger partial charge in [0.2, 0.25) is 11.7 Å². The predicted octanol–water partition coefficient (Wildman–Crippen LogP) is 4.06. The zero-order valence-electron chi connectivity index (χ0n) is 15.5. The van der Waals surface area contributed by atoms with E-state index in [1.54, 1.807) is 43.6 Å². The van der Waals surface area contributed by atoms with E-state index in [9.17, 15) is 13.6 Å². The van der Waals surface area contributed by atoms with Gasteiger partial charge in [-0.05, 0) is 19.1 Å². The van der Waals surface area contributed by atoms with Crippen molar-refractivity contribution in [2.45, 2.75) is 26.7 Å². The fourth-order valence-corrected chi connectivity index (χ4v) is 2.50. The Labute approximate surface area is 160 Å². The maximum Gasteiger partial charge on any atom is 0.303 e. The van der Waals surface area contributed by atoms with Crippen molar-refractivity contribution in [2.24, 2.45) is 0 Å². The molecule has 0 unspecified atom stereocenters. The van der Waals surface area contributed by atoms with E-state index in [4.69, 9.17) is 0 Å². The molecule has 2 N–H and O–H groups in total. The van der Waals surface area contributed by atoms with E-state index in [1.165, 1.54) is 6.92 Å². The average Bonchev–Trinajstić information content (AvgIpc) is 2.61. The zero-order chi connectivity index (χ0) is 20.3. The van der Waals surface area contributed by atoms with Crippen molar-refractivity contribution < 1.29 is 13.6 Å². The molecule has 0 bridgehead atoms. The number of nitrogens with one attached hydrogen (secondary N) is 2.